The van der Waals surface area contributed by atoms with Crippen molar-refractivity contribution in [1.82, 2.24) is 24.9 Å². The second-order valence-electron chi connectivity index (χ2n) is 8.24. The number of H-pyrrole nitrogens is 1. The highest BCUT2D eigenvalue weighted by Gasteiger charge is 2.20. The highest BCUT2D eigenvalue weighted by atomic mass is 16.5. The molecule has 2 aliphatic carbocycles. The highest BCUT2D eigenvalue weighted by Crippen LogP contribution is 2.26. The number of nitrogens with zero attached hydrogens (tertiary/aromatic N) is 3. The Labute approximate surface area is 185 Å². The standard InChI is InChI=1S/C24H25N5O3/c30-21-13-18(26-24-27-22(28-29(21)24)17-9-2-1-3-10-17)15-32-20-12-5-4-11-19(20)23(31)25-14-16-7-6-8-16/h1-2,4-5,9,11-13,16H,3,6-8,10,14-15H2,(H,25,31)(H,26,27,28). The number of nitrogens with one attached hydrogen (secondary N) is 2. The SMILES string of the molecule is O=C(NCC1CCC1)c1ccccc1OCc1cc(=O)n2[nH]c(C3=CC=CCC3)nc2n1. The summed E-state index contributed by atoms with van der Waals surface area (Å²) in [7, 11) is 0. The zero-order valence-electron chi connectivity index (χ0n) is 17.7. The number of carbonyl (C=O) groups excluding carboxylic acids is 1. The fourth-order valence-corrected chi connectivity index (χ4v) is 3.91. The molecule has 5 rings (SSSR count). The van der Waals surface area contributed by atoms with Gasteiger partial charge in [-0.1, -0.05) is 36.8 Å². The molecule has 0 spiro atoms. The molecule has 164 valence electrons. The Morgan fingerprint density at radius 3 is 2.91 bits per heavy atom. The van der Waals surface area contributed by atoms with E-state index in [1.807, 2.05) is 24.3 Å². The number of fused-ring (bicyclic) bond motifs is 1. The summed E-state index contributed by atoms with van der Waals surface area (Å²) >= 11 is 0. The Hall–Kier alpha value is -3.68. The van der Waals surface area contributed by atoms with Crippen LogP contribution >= 0.6 is 0 Å². The number of carbonyl (C=O) groups is 1. The van der Waals surface area contributed by atoms with E-state index in [1.54, 1.807) is 12.1 Å². The van der Waals surface area contributed by atoms with Gasteiger partial charge in [0.2, 0.25) is 0 Å². The molecule has 1 fully saturated rings. The Balaban J connectivity index is 1.32. The average molecular weight is 431 g/mol. The van der Waals surface area contributed by atoms with Gasteiger partial charge in [-0.25, -0.2) is 4.98 Å². The summed E-state index contributed by atoms with van der Waals surface area (Å²) in [5.41, 5.74) is 1.71. The van der Waals surface area contributed by atoms with Crippen molar-refractivity contribution >= 4 is 17.3 Å². The summed E-state index contributed by atoms with van der Waals surface area (Å²) < 4.78 is 7.22. The van der Waals surface area contributed by atoms with E-state index in [9.17, 15) is 9.59 Å². The van der Waals surface area contributed by atoms with Crippen molar-refractivity contribution in [2.45, 2.75) is 38.7 Å². The first kappa shape index (κ1) is 20.2. The molecular formula is C24H25N5O3. The van der Waals surface area contributed by atoms with Gasteiger partial charge in [0.1, 0.15) is 12.4 Å². The van der Waals surface area contributed by atoms with Crippen molar-refractivity contribution < 1.29 is 9.53 Å². The second kappa shape index (κ2) is 8.82. The van der Waals surface area contributed by atoms with E-state index in [0.717, 1.165) is 18.4 Å². The van der Waals surface area contributed by atoms with Gasteiger partial charge in [0, 0.05) is 12.6 Å². The zero-order chi connectivity index (χ0) is 21.9. The van der Waals surface area contributed by atoms with Gasteiger partial charge in [-0.15, -0.1) is 0 Å². The van der Waals surface area contributed by atoms with Gasteiger partial charge in [-0.05, 0) is 49.3 Å². The molecule has 2 aromatic heterocycles. The first-order valence-electron chi connectivity index (χ1n) is 11.0. The van der Waals surface area contributed by atoms with Gasteiger partial charge in [-0.3, -0.25) is 14.7 Å². The first-order valence-corrected chi connectivity index (χ1v) is 11.0. The van der Waals surface area contributed by atoms with Gasteiger partial charge >= 0.3 is 0 Å². The maximum absolute atomic E-state index is 12.6. The van der Waals surface area contributed by atoms with E-state index in [0.29, 0.717) is 41.1 Å². The van der Waals surface area contributed by atoms with Gasteiger partial charge in [0.15, 0.2) is 5.82 Å². The number of rotatable bonds is 7. The molecule has 0 unspecified atom stereocenters. The van der Waals surface area contributed by atoms with Crippen LogP contribution in [0.1, 0.15) is 54.0 Å². The Kier molecular flexibility index (Phi) is 5.58. The van der Waals surface area contributed by atoms with E-state index in [2.05, 4.69) is 26.5 Å². The molecule has 1 aromatic carbocycles. The molecule has 8 nitrogen and oxygen atoms in total. The molecule has 1 saturated carbocycles. The molecular weight excluding hydrogens is 406 g/mol. The first-order chi connectivity index (χ1) is 15.7. The lowest BCUT2D eigenvalue weighted by atomic mass is 9.85. The Morgan fingerprint density at radius 1 is 1.25 bits per heavy atom. The summed E-state index contributed by atoms with van der Waals surface area (Å²) in [5.74, 6) is 1.83. The quantitative estimate of drug-likeness (QED) is 0.598. The molecule has 0 aliphatic heterocycles. The van der Waals surface area contributed by atoms with Crippen LogP contribution in [-0.2, 0) is 6.61 Å². The molecule has 0 saturated heterocycles. The third kappa shape index (κ3) is 4.21. The van der Waals surface area contributed by atoms with Crippen molar-refractivity contribution in [3.05, 3.63) is 76.0 Å². The minimum Gasteiger partial charge on any atom is -0.486 e. The largest absolute Gasteiger partial charge is 0.486 e. The van der Waals surface area contributed by atoms with Crippen molar-refractivity contribution in [2.24, 2.45) is 5.92 Å². The van der Waals surface area contributed by atoms with Crippen molar-refractivity contribution in [1.29, 1.82) is 0 Å². The number of aromatic nitrogens is 4. The molecule has 0 radical (unpaired) electrons. The minimum atomic E-state index is -0.258. The Morgan fingerprint density at radius 2 is 2.12 bits per heavy atom. The van der Waals surface area contributed by atoms with E-state index >= 15 is 0 Å². The minimum absolute atomic E-state index is 0.0618. The summed E-state index contributed by atoms with van der Waals surface area (Å²) in [4.78, 5) is 34.1. The third-order valence-corrected chi connectivity index (χ3v) is 5.98. The Bertz CT molecular complexity index is 1270. The van der Waals surface area contributed by atoms with Crippen molar-refractivity contribution in [2.75, 3.05) is 6.54 Å². The summed E-state index contributed by atoms with van der Waals surface area (Å²) in [6.45, 7) is 0.752. The smallest absolute Gasteiger partial charge is 0.274 e. The van der Waals surface area contributed by atoms with Crippen LogP contribution in [0.5, 0.6) is 5.75 Å². The lowest BCUT2D eigenvalue weighted by Gasteiger charge is -2.25. The maximum Gasteiger partial charge on any atom is 0.274 e. The van der Waals surface area contributed by atoms with E-state index in [-0.39, 0.29) is 18.1 Å². The highest BCUT2D eigenvalue weighted by molar-refractivity contribution is 5.96. The van der Waals surface area contributed by atoms with Crippen LogP contribution in [0.2, 0.25) is 0 Å². The number of para-hydroxylation sites is 1. The predicted octanol–water partition coefficient (Wildman–Crippen LogP) is 3.26. The van der Waals surface area contributed by atoms with Crippen LogP contribution in [0.4, 0.5) is 0 Å². The molecule has 8 heteroatoms. The molecule has 2 aliphatic rings. The monoisotopic (exact) mass is 431 g/mol. The average Bonchev–Trinajstić information content (AvgIpc) is 3.22. The number of aromatic amines is 1. The number of allylic oxidation sites excluding steroid dienone is 4. The van der Waals surface area contributed by atoms with Crippen LogP contribution in [0.25, 0.3) is 11.4 Å². The second-order valence-corrected chi connectivity index (χ2v) is 8.24. The number of amides is 1. The van der Waals surface area contributed by atoms with Crippen LogP contribution < -0.4 is 15.6 Å². The van der Waals surface area contributed by atoms with E-state index in [1.165, 1.54) is 29.8 Å². The fraction of sp³-hybridized carbons (Fsp3) is 0.333. The molecule has 2 N–H and O–H groups in total. The fourth-order valence-electron chi connectivity index (χ4n) is 3.91. The van der Waals surface area contributed by atoms with Crippen LogP contribution in [-0.4, -0.2) is 32.0 Å². The maximum atomic E-state index is 12.6. The van der Waals surface area contributed by atoms with Crippen LogP contribution in [0.3, 0.4) is 0 Å². The van der Waals surface area contributed by atoms with Gasteiger partial charge in [-0.2, -0.15) is 9.50 Å². The van der Waals surface area contributed by atoms with E-state index in [4.69, 9.17) is 4.74 Å². The van der Waals surface area contributed by atoms with Gasteiger partial charge < -0.3 is 10.1 Å². The van der Waals surface area contributed by atoms with Gasteiger partial charge in [0.25, 0.3) is 17.2 Å². The molecule has 2 heterocycles. The lowest BCUT2D eigenvalue weighted by Crippen LogP contribution is -2.32. The summed E-state index contributed by atoms with van der Waals surface area (Å²) in [6.07, 6.45) is 11.5. The number of hydrogen-bond donors (Lipinski definition) is 2. The van der Waals surface area contributed by atoms with Crippen molar-refractivity contribution in [3.63, 3.8) is 0 Å². The van der Waals surface area contributed by atoms with Gasteiger partial charge in [0.05, 0.1) is 11.3 Å². The van der Waals surface area contributed by atoms with Crippen LogP contribution in [0.15, 0.2) is 53.4 Å². The molecule has 32 heavy (non-hydrogen) atoms. The third-order valence-electron chi connectivity index (χ3n) is 5.98. The predicted molar refractivity (Wildman–Crippen MR) is 120 cm³/mol. The number of hydrogen-bond acceptors (Lipinski definition) is 5. The van der Waals surface area contributed by atoms with Crippen molar-refractivity contribution in [3.8, 4) is 5.75 Å². The topological polar surface area (TPSA) is 101 Å². The molecule has 0 bridgehead atoms. The lowest BCUT2D eigenvalue weighted by molar-refractivity contribution is 0.0934. The summed E-state index contributed by atoms with van der Waals surface area (Å²) in [6, 6.07) is 8.53. The van der Waals surface area contributed by atoms with E-state index < -0.39 is 0 Å². The summed E-state index contributed by atoms with van der Waals surface area (Å²) in [5, 5.41) is 6.02. The zero-order valence-corrected chi connectivity index (χ0v) is 17.7. The number of ether oxygens (including phenoxy) is 1. The molecule has 0 atom stereocenters. The molecule has 1 amide bonds. The normalized spacial score (nSPS) is 15.9. The van der Waals surface area contributed by atoms with Crippen LogP contribution in [0, 0.1) is 5.92 Å². The molecule has 3 aromatic rings. The number of benzene rings is 1.